The van der Waals surface area contributed by atoms with Gasteiger partial charge in [0.25, 0.3) is 0 Å². The van der Waals surface area contributed by atoms with Gasteiger partial charge in [0.05, 0.1) is 11.4 Å². The fourth-order valence-corrected chi connectivity index (χ4v) is 3.62. The Balaban J connectivity index is 2.24. The lowest BCUT2D eigenvalue weighted by molar-refractivity contribution is 0.555. The van der Waals surface area contributed by atoms with Crippen molar-refractivity contribution in [2.24, 2.45) is 5.14 Å². The summed E-state index contributed by atoms with van der Waals surface area (Å²) >= 11 is 0.731. The minimum Gasteiger partial charge on any atom is -0.267 e. The van der Waals surface area contributed by atoms with Crippen LogP contribution in [-0.4, -0.2) is 13.0 Å². The SMILES string of the molecule is NS(=O)(=O)c1cc(F)c(-c2csc(=O)n2-c2ccc(F)cc2)cc1F. The smallest absolute Gasteiger partial charge is 0.267 e. The average molecular weight is 386 g/mol. The van der Waals surface area contributed by atoms with Crippen LogP contribution in [0.2, 0.25) is 0 Å². The lowest BCUT2D eigenvalue weighted by Gasteiger charge is -2.10. The summed E-state index contributed by atoms with van der Waals surface area (Å²) in [5.74, 6) is -2.84. The van der Waals surface area contributed by atoms with Gasteiger partial charge in [0.1, 0.15) is 22.3 Å². The van der Waals surface area contributed by atoms with E-state index in [2.05, 4.69) is 0 Å². The third-order valence-corrected chi connectivity index (χ3v) is 5.03. The Bertz CT molecular complexity index is 1120. The van der Waals surface area contributed by atoms with E-state index in [1.165, 1.54) is 17.5 Å². The van der Waals surface area contributed by atoms with Crippen LogP contribution in [0.15, 0.2) is 51.5 Å². The van der Waals surface area contributed by atoms with Crippen molar-refractivity contribution in [3.8, 4) is 16.9 Å². The van der Waals surface area contributed by atoms with Crippen molar-refractivity contribution in [1.82, 2.24) is 4.57 Å². The van der Waals surface area contributed by atoms with Gasteiger partial charge in [-0.3, -0.25) is 9.36 Å². The molecule has 0 amide bonds. The van der Waals surface area contributed by atoms with Crippen molar-refractivity contribution < 1.29 is 21.6 Å². The number of primary sulfonamides is 1. The van der Waals surface area contributed by atoms with E-state index >= 15 is 0 Å². The number of nitrogens with two attached hydrogens (primary N) is 1. The summed E-state index contributed by atoms with van der Waals surface area (Å²) in [6.07, 6.45) is 0. The van der Waals surface area contributed by atoms with Gasteiger partial charge in [-0.1, -0.05) is 11.3 Å². The molecular formula is C15H9F3N2O3S2. The number of nitrogens with zero attached hydrogens (tertiary/aromatic N) is 1. The first-order valence-corrected chi connectivity index (χ1v) is 9.10. The number of rotatable bonds is 3. The van der Waals surface area contributed by atoms with Crippen LogP contribution < -0.4 is 10.0 Å². The molecule has 2 N–H and O–H groups in total. The Morgan fingerprint density at radius 3 is 2.24 bits per heavy atom. The first kappa shape index (κ1) is 17.4. The molecule has 25 heavy (non-hydrogen) atoms. The topological polar surface area (TPSA) is 82.2 Å². The Labute approximate surface area is 143 Å². The lowest BCUT2D eigenvalue weighted by Crippen LogP contribution is -2.15. The molecule has 10 heteroatoms. The molecule has 0 aliphatic rings. The van der Waals surface area contributed by atoms with Gasteiger partial charge in [0, 0.05) is 10.9 Å². The van der Waals surface area contributed by atoms with Gasteiger partial charge in [-0.05, 0) is 36.4 Å². The highest BCUT2D eigenvalue weighted by atomic mass is 32.2. The summed E-state index contributed by atoms with van der Waals surface area (Å²) in [6, 6.07) is 5.95. The molecule has 0 unspecified atom stereocenters. The van der Waals surface area contributed by atoms with Crippen LogP contribution >= 0.6 is 11.3 Å². The Hall–Kier alpha value is -2.43. The van der Waals surface area contributed by atoms with Gasteiger partial charge in [0.2, 0.25) is 10.0 Å². The maximum absolute atomic E-state index is 14.4. The predicted octanol–water partition coefficient (Wildman–Crippen LogP) is 2.63. The number of hydrogen-bond donors (Lipinski definition) is 1. The largest absolute Gasteiger partial charge is 0.312 e. The van der Waals surface area contributed by atoms with E-state index in [4.69, 9.17) is 5.14 Å². The minimum atomic E-state index is -4.44. The molecule has 0 aliphatic heterocycles. The van der Waals surface area contributed by atoms with Crippen LogP contribution in [0, 0.1) is 17.5 Å². The summed E-state index contributed by atoms with van der Waals surface area (Å²) in [7, 11) is -4.44. The quantitative estimate of drug-likeness (QED) is 0.751. The monoisotopic (exact) mass is 386 g/mol. The van der Waals surface area contributed by atoms with Gasteiger partial charge in [-0.25, -0.2) is 26.7 Å². The van der Waals surface area contributed by atoms with Crippen LogP contribution in [-0.2, 0) is 10.0 Å². The van der Waals surface area contributed by atoms with Gasteiger partial charge in [0.15, 0.2) is 0 Å². The summed E-state index contributed by atoms with van der Waals surface area (Å²) in [6.45, 7) is 0. The normalized spacial score (nSPS) is 11.7. The van der Waals surface area contributed by atoms with Crippen molar-refractivity contribution in [2.45, 2.75) is 4.90 Å². The fourth-order valence-electron chi connectivity index (χ4n) is 2.27. The zero-order valence-electron chi connectivity index (χ0n) is 12.2. The molecule has 1 heterocycles. The highest BCUT2D eigenvalue weighted by Gasteiger charge is 2.21. The molecule has 0 bridgehead atoms. The average Bonchev–Trinajstić information content (AvgIpc) is 2.90. The van der Waals surface area contributed by atoms with Crippen molar-refractivity contribution in [3.05, 3.63) is 68.9 Å². The standard InChI is InChI=1S/C15H9F3N2O3S2/c16-8-1-3-9(4-2-8)20-13(7-24-15(20)21)10-5-12(18)14(6-11(10)17)25(19,22)23/h1-7H,(H2,19,22,23). The maximum atomic E-state index is 14.4. The van der Waals surface area contributed by atoms with Crippen LogP contribution in [0.4, 0.5) is 13.2 Å². The summed E-state index contributed by atoms with van der Waals surface area (Å²) in [4.78, 5) is 10.6. The number of sulfonamides is 1. The number of hydrogen-bond acceptors (Lipinski definition) is 4. The van der Waals surface area contributed by atoms with Crippen LogP contribution in [0.3, 0.4) is 0 Å². The zero-order valence-corrected chi connectivity index (χ0v) is 13.9. The summed E-state index contributed by atoms with van der Waals surface area (Å²) in [5, 5.41) is 6.12. The number of halogens is 3. The van der Waals surface area contributed by atoms with E-state index in [9.17, 15) is 26.4 Å². The van der Waals surface area contributed by atoms with Gasteiger partial charge < -0.3 is 0 Å². The molecule has 0 fully saturated rings. The van der Waals surface area contributed by atoms with E-state index in [0.717, 1.165) is 28.0 Å². The number of benzene rings is 2. The molecule has 0 spiro atoms. The van der Waals surface area contributed by atoms with Crippen molar-refractivity contribution in [1.29, 1.82) is 0 Å². The molecule has 0 saturated heterocycles. The first-order valence-electron chi connectivity index (χ1n) is 6.67. The minimum absolute atomic E-state index is 0.000947. The second-order valence-electron chi connectivity index (χ2n) is 5.01. The highest BCUT2D eigenvalue weighted by Crippen LogP contribution is 2.29. The molecule has 130 valence electrons. The number of aromatic nitrogens is 1. The molecule has 3 rings (SSSR count). The molecule has 0 saturated carbocycles. The van der Waals surface area contributed by atoms with E-state index in [-0.39, 0.29) is 16.9 Å². The van der Waals surface area contributed by atoms with E-state index in [0.29, 0.717) is 12.1 Å². The van der Waals surface area contributed by atoms with E-state index in [1.807, 2.05) is 0 Å². The molecule has 1 aromatic heterocycles. The molecular weight excluding hydrogens is 377 g/mol. The van der Waals surface area contributed by atoms with Crippen molar-refractivity contribution in [3.63, 3.8) is 0 Å². The highest BCUT2D eigenvalue weighted by molar-refractivity contribution is 7.89. The Kier molecular flexibility index (Phi) is 4.27. The number of thiazole rings is 1. The van der Waals surface area contributed by atoms with Crippen molar-refractivity contribution >= 4 is 21.4 Å². The molecule has 3 aromatic rings. The second-order valence-corrected chi connectivity index (χ2v) is 7.36. The third kappa shape index (κ3) is 3.23. The molecule has 5 nitrogen and oxygen atoms in total. The van der Waals surface area contributed by atoms with Gasteiger partial charge >= 0.3 is 4.87 Å². The molecule has 0 aliphatic carbocycles. The molecule has 0 radical (unpaired) electrons. The maximum Gasteiger partial charge on any atom is 0.312 e. The molecule has 0 atom stereocenters. The lowest BCUT2D eigenvalue weighted by atomic mass is 10.1. The Morgan fingerprint density at radius 1 is 1.00 bits per heavy atom. The third-order valence-electron chi connectivity index (χ3n) is 3.38. The zero-order chi connectivity index (χ0) is 18.4. The second kappa shape index (κ2) is 6.14. The van der Waals surface area contributed by atoms with Gasteiger partial charge in [-0.2, -0.15) is 0 Å². The Morgan fingerprint density at radius 2 is 1.64 bits per heavy atom. The summed E-state index contributed by atoms with van der Waals surface area (Å²) in [5.41, 5.74) is -0.0791. The van der Waals surface area contributed by atoms with E-state index < -0.39 is 37.2 Å². The van der Waals surface area contributed by atoms with Crippen molar-refractivity contribution in [2.75, 3.05) is 0 Å². The van der Waals surface area contributed by atoms with E-state index in [1.54, 1.807) is 0 Å². The van der Waals surface area contributed by atoms with Crippen LogP contribution in [0.1, 0.15) is 0 Å². The van der Waals surface area contributed by atoms with Crippen LogP contribution in [0.25, 0.3) is 16.9 Å². The van der Waals surface area contributed by atoms with Crippen LogP contribution in [0.5, 0.6) is 0 Å². The summed E-state index contributed by atoms with van der Waals surface area (Å²) < 4.78 is 65.1. The fraction of sp³-hybridized carbons (Fsp3) is 0. The predicted molar refractivity (Wildman–Crippen MR) is 86.6 cm³/mol. The first-order chi connectivity index (χ1) is 11.7. The molecule has 2 aromatic carbocycles. The van der Waals surface area contributed by atoms with Gasteiger partial charge in [-0.15, -0.1) is 0 Å².